The molecule has 1 heterocycles. The van der Waals surface area contributed by atoms with E-state index >= 15 is 0 Å². The van der Waals surface area contributed by atoms with Crippen molar-refractivity contribution in [2.75, 3.05) is 6.54 Å². The second-order valence-electron chi connectivity index (χ2n) is 8.84. The molecule has 7 heteroatoms. The molecule has 1 saturated carbocycles. The van der Waals surface area contributed by atoms with E-state index in [9.17, 15) is 14.0 Å². The van der Waals surface area contributed by atoms with Gasteiger partial charge in [0.25, 0.3) is 5.91 Å². The largest absolute Gasteiger partial charge is 0.359 e. The summed E-state index contributed by atoms with van der Waals surface area (Å²) in [6.07, 6.45) is 6.51. The first kappa shape index (κ1) is 23.0. The lowest BCUT2D eigenvalue weighted by atomic mass is 10.0. The summed E-state index contributed by atoms with van der Waals surface area (Å²) in [5, 5.41) is 6.60. The summed E-state index contributed by atoms with van der Waals surface area (Å²) >= 11 is 0. The van der Waals surface area contributed by atoms with Crippen LogP contribution in [0.15, 0.2) is 34.9 Å². The summed E-state index contributed by atoms with van der Waals surface area (Å²) in [5.41, 5.74) is 0.953. The maximum Gasteiger partial charge on any atom is 0.273 e. The molecule has 1 aromatic heterocycles. The van der Waals surface area contributed by atoms with Crippen LogP contribution in [0.1, 0.15) is 74.2 Å². The van der Waals surface area contributed by atoms with E-state index in [0.29, 0.717) is 37.1 Å². The van der Waals surface area contributed by atoms with Gasteiger partial charge in [0.15, 0.2) is 11.5 Å². The topological polar surface area (TPSA) is 75.4 Å². The third kappa shape index (κ3) is 7.19. The van der Waals surface area contributed by atoms with Gasteiger partial charge in [0.05, 0.1) is 6.54 Å². The number of aromatic nitrogens is 1. The van der Waals surface area contributed by atoms with Gasteiger partial charge in [-0.1, -0.05) is 56.8 Å². The number of carbonyl (C=O) groups is 2. The molecular weight excluding hydrogens is 397 g/mol. The Hall–Kier alpha value is -2.70. The molecular formula is C24H32FN3O3. The maximum atomic E-state index is 13.0. The minimum Gasteiger partial charge on any atom is -0.359 e. The summed E-state index contributed by atoms with van der Waals surface area (Å²) < 4.78 is 18.3. The van der Waals surface area contributed by atoms with Crippen molar-refractivity contribution in [3.8, 4) is 0 Å². The predicted octanol–water partition coefficient (Wildman–Crippen LogP) is 4.70. The van der Waals surface area contributed by atoms with Gasteiger partial charge in [0.2, 0.25) is 5.91 Å². The molecule has 1 N–H and O–H groups in total. The van der Waals surface area contributed by atoms with Crippen molar-refractivity contribution in [1.82, 2.24) is 15.4 Å². The van der Waals surface area contributed by atoms with E-state index in [1.165, 1.54) is 37.8 Å². The average molecular weight is 430 g/mol. The van der Waals surface area contributed by atoms with Gasteiger partial charge in [0, 0.05) is 25.6 Å². The molecule has 2 amide bonds. The molecule has 3 rings (SSSR count). The highest BCUT2D eigenvalue weighted by Crippen LogP contribution is 2.29. The molecule has 168 valence electrons. The Balaban J connectivity index is 1.54. The van der Waals surface area contributed by atoms with Crippen LogP contribution in [-0.4, -0.2) is 28.4 Å². The summed E-state index contributed by atoms with van der Waals surface area (Å²) in [4.78, 5) is 27.0. The van der Waals surface area contributed by atoms with E-state index in [1.54, 1.807) is 23.1 Å². The van der Waals surface area contributed by atoms with Crippen LogP contribution in [0, 0.1) is 17.7 Å². The summed E-state index contributed by atoms with van der Waals surface area (Å²) in [7, 11) is 0. The van der Waals surface area contributed by atoms with E-state index < -0.39 is 0 Å². The molecule has 0 spiro atoms. The molecule has 1 aromatic carbocycles. The minimum absolute atomic E-state index is 0.124. The van der Waals surface area contributed by atoms with Crippen molar-refractivity contribution >= 4 is 11.8 Å². The fraction of sp³-hybridized carbons (Fsp3) is 0.542. The third-order valence-corrected chi connectivity index (χ3v) is 5.68. The monoisotopic (exact) mass is 429 g/mol. The van der Waals surface area contributed by atoms with Crippen molar-refractivity contribution in [2.24, 2.45) is 11.8 Å². The number of nitrogens with zero attached hydrogens (tertiary/aromatic N) is 2. The fourth-order valence-corrected chi connectivity index (χ4v) is 4.04. The van der Waals surface area contributed by atoms with E-state index in [1.807, 2.05) is 0 Å². The Morgan fingerprint density at radius 1 is 1.23 bits per heavy atom. The lowest BCUT2D eigenvalue weighted by Gasteiger charge is -2.24. The first-order valence-corrected chi connectivity index (χ1v) is 11.2. The number of rotatable bonds is 10. The second kappa shape index (κ2) is 11.1. The number of benzene rings is 1. The number of nitrogens with one attached hydrogen (secondary N) is 1. The lowest BCUT2D eigenvalue weighted by Crippen LogP contribution is -2.33. The highest BCUT2D eigenvalue weighted by Gasteiger charge is 2.22. The Kier molecular flexibility index (Phi) is 8.20. The molecule has 0 bridgehead atoms. The molecule has 0 saturated heterocycles. The summed E-state index contributed by atoms with van der Waals surface area (Å²) in [6, 6.07) is 7.51. The van der Waals surface area contributed by atoms with E-state index in [4.69, 9.17) is 4.52 Å². The van der Waals surface area contributed by atoms with Crippen LogP contribution in [0.2, 0.25) is 0 Å². The van der Waals surface area contributed by atoms with Crippen molar-refractivity contribution in [1.29, 1.82) is 0 Å². The Morgan fingerprint density at radius 2 is 1.94 bits per heavy atom. The van der Waals surface area contributed by atoms with E-state index in [-0.39, 0.29) is 29.9 Å². The fourth-order valence-electron chi connectivity index (χ4n) is 4.04. The molecule has 6 nitrogen and oxygen atoms in total. The van der Waals surface area contributed by atoms with Crippen molar-refractivity contribution in [3.63, 3.8) is 0 Å². The van der Waals surface area contributed by atoms with Crippen LogP contribution >= 0.6 is 0 Å². The standard InChI is InChI=1S/C24H32FN3O3/c1-17(2)15-28(23(29)12-9-18-5-3-4-6-18)16-21-13-22(27-31-21)24(30)26-14-19-7-10-20(25)11-8-19/h7-8,10-11,13,17-18H,3-6,9,12,14-16H2,1-2H3,(H,26,30). The predicted molar refractivity (Wildman–Crippen MR) is 116 cm³/mol. The number of carbonyl (C=O) groups excluding carboxylic acids is 2. The number of halogens is 1. The van der Waals surface area contributed by atoms with Crippen molar-refractivity contribution < 1.29 is 18.5 Å². The van der Waals surface area contributed by atoms with Gasteiger partial charge >= 0.3 is 0 Å². The van der Waals surface area contributed by atoms with Crippen molar-refractivity contribution in [3.05, 3.63) is 53.2 Å². The zero-order valence-corrected chi connectivity index (χ0v) is 18.4. The highest BCUT2D eigenvalue weighted by atomic mass is 19.1. The van der Waals surface area contributed by atoms with Crippen LogP contribution in [-0.2, 0) is 17.9 Å². The summed E-state index contributed by atoms with van der Waals surface area (Å²) in [6.45, 7) is 5.36. The minimum atomic E-state index is -0.373. The first-order valence-electron chi connectivity index (χ1n) is 11.2. The number of hydrogen-bond donors (Lipinski definition) is 1. The van der Waals surface area contributed by atoms with Gasteiger partial charge in [-0.05, 0) is 36.0 Å². The maximum absolute atomic E-state index is 13.0. The van der Waals surface area contributed by atoms with Gasteiger partial charge in [0.1, 0.15) is 5.82 Å². The van der Waals surface area contributed by atoms with E-state index in [2.05, 4.69) is 24.3 Å². The van der Waals surface area contributed by atoms with E-state index in [0.717, 1.165) is 12.0 Å². The Labute approximate surface area is 183 Å². The number of amides is 2. The third-order valence-electron chi connectivity index (χ3n) is 5.68. The highest BCUT2D eigenvalue weighted by molar-refractivity contribution is 5.92. The smallest absolute Gasteiger partial charge is 0.273 e. The Bertz CT molecular complexity index is 857. The molecule has 0 radical (unpaired) electrons. The quantitative estimate of drug-likeness (QED) is 0.594. The molecule has 0 aliphatic heterocycles. The van der Waals surface area contributed by atoms with Crippen LogP contribution in [0.25, 0.3) is 0 Å². The van der Waals surface area contributed by atoms with Gasteiger partial charge in [-0.15, -0.1) is 0 Å². The van der Waals surface area contributed by atoms with Crippen LogP contribution in [0.4, 0.5) is 4.39 Å². The van der Waals surface area contributed by atoms with Gasteiger partial charge in [-0.25, -0.2) is 4.39 Å². The Morgan fingerprint density at radius 3 is 2.61 bits per heavy atom. The molecule has 1 aliphatic rings. The van der Waals surface area contributed by atoms with Gasteiger partial charge in [-0.2, -0.15) is 0 Å². The lowest BCUT2D eigenvalue weighted by molar-refractivity contribution is -0.133. The average Bonchev–Trinajstić information content (AvgIpc) is 3.43. The second-order valence-corrected chi connectivity index (χ2v) is 8.84. The van der Waals surface area contributed by atoms with Crippen LogP contribution in [0.5, 0.6) is 0 Å². The van der Waals surface area contributed by atoms with Crippen LogP contribution in [0.3, 0.4) is 0 Å². The molecule has 0 atom stereocenters. The molecule has 31 heavy (non-hydrogen) atoms. The molecule has 1 aliphatic carbocycles. The SMILES string of the molecule is CC(C)CN(Cc1cc(C(=O)NCc2ccc(F)cc2)no1)C(=O)CCC1CCCC1. The van der Waals surface area contributed by atoms with Gasteiger partial charge in [-0.3, -0.25) is 9.59 Å². The summed E-state index contributed by atoms with van der Waals surface area (Å²) in [5.74, 6) is 0.923. The van der Waals surface area contributed by atoms with Crippen molar-refractivity contribution in [2.45, 2.75) is 65.5 Å². The first-order chi connectivity index (χ1) is 14.9. The zero-order valence-electron chi connectivity index (χ0n) is 18.4. The van der Waals surface area contributed by atoms with Gasteiger partial charge < -0.3 is 14.7 Å². The zero-order chi connectivity index (χ0) is 22.2. The molecule has 0 unspecified atom stereocenters. The van der Waals surface area contributed by atoms with Crippen LogP contribution < -0.4 is 5.32 Å². The molecule has 2 aromatic rings. The molecule has 1 fully saturated rings. The normalized spacial score (nSPS) is 14.2. The number of hydrogen-bond acceptors (Lipinski definition) is 4.